The zero-order valence-electron chi connectivity index (χ0n) is 15.8. The lowest BCUT2D eigenvalue weighted by Crippen LogP contribution is -2.34. The summed E-state index contributed by atoms with van der Waals surface area (Å²) in [4.78, 5) is 7.28. The van der Waals surface area contributed by atoms with Gasteiger partial charge in [-0.15, -0.1) is 11.8 Å². The van der Waals surface area contributed by atoms with Crippen LogP contribution in [0.15, 0.2) is 48.5 Å². The monoisotopic (exact) mass is 411 g/mol. The van der Waals surface area contributed by atoms with E-state index in [0.717, 1.165) is 48.4 Å². The van der Waals surface area contributed by atoms with Crippen molar-refractivity contribution in [2.24, 2.45) is 0 Å². The standard InChI is InChI=1S/C22H25N3OS2/c1-2-6-21-20(5-1)24-22(28-21)25-11-3-4-17(25)14-26-18-9-7-16(8-10-18)12-19-13-23-15-27-19/h1-2,5-10,17,19,23H,3-4,11-15H2/t17-,19?/m0/s1. The Morgan fingerprint density at radius 2 is 2.04 bits per heavy atom. The van der Waals surface area contributed by atoms with Gasteiger partial charge in [0.15, 0.2) is 5.13 Å². The molecule has 6 heteroatoms. The summed E-state index contributed by atoms with van der Waals surface area (Å²) in [5.41, 5.74) is 2.49. The number of benzene rings is 2. The highest BCUT2D eigenvalue weighted by Crippen LogP contribution is 2.33. The molecule has 28 heavy (non-hydrogen) atoms. The third kappa shape index (κ3) is 4.00. The second-order valence-electron chi connectivity index (χ2n) is 7.50. The Hall–Kier alpha value is -1.76. The summed E-state index contributed by atoms with van der Waals surface area (Å²) in [6, 6.07) is 17.5. The second-order valence-corrected chi connectivity index (χ2v) is 9.80. The third-order valence-electron chi connectivity index (χ3n) is 5.53. The fourth-order valence-corrected chi connectivity index (χ4v) is 6.09. The van der Waals surface area contributed by atoms with Crippen LogP contribution in [0.25, 0.3) is 10.2 Å². The van der Waals surface area contributed by atoms with E-state index in [2.05, 4.69) is 58.7 Å². The van der Waals surface area contributed by atoms with E-state index in [4.69, 9.17) is 9.72 Å². The fourth-order valence-electron chi connectivity index (χ4n) is 4.01. The van der Waals surface area contributed by atoms with Crippen molar-refractivity contribution in [3.8, 4) is 5.75 Å². The van der Waals surface area contributed by atoms with Gasteiger partial charge in [0.25, 0.3) is 0 Å². The number of fused-ring (bicyclic) bond motifs is 1. The van der Waals surface area contributed by atoms with Gasteiger partial charge >= 0.3 is 0 Å². The Morgan fingerprint density at radius 3 is 2.86 bits per heavy atom. The highest BCUT2D eigenvalue weighted by molar-refractivity contribution is 8.00. The minimum atomic E-state index is 0.404. The molecule has 2 aliphatic heterocycles. The van der Waals surface area contributed by atoms with E-state index in [1.807, 2.05) is 11.8 Å². The van der Waals surface area contributed by atoms with E-state index in [-0.39, 0.29) is 0 Å². The van der Waals surface area contributed by atoms with Crippen LogP contribution in [0.4, 0.5) is 5.13 Å². The molecule has 2 saturated heterocycles. The molecule has 0 spiro atoms. The van der Waals surface area contributed by atoms with Crippen molar-refractivity contribution in [2.45, 2.75) is 30.6 Å². The summed E-state index contributed by atoms with van der Waals surface area (Å²) in [5, 5.41) is 5.24. The topological polar surface area (TPSA) is 37.4 Å². The molecule has 0 amide bonds. The summed E-state index contributed by atoms with van der Waals surface area (Å²) in [5.74, 6) is 2.05. The molecule has 1 unspecified atom stereocenters. The molecule has 2 aliphatic rings. The number of hydrogen-bond acceptors (Lipinski definition) is 6. The lowest BCUT2D eigenvalue weighted by atomic mass is 10.1. The fraction of sp³-hybridized carbons (Fsp3) is 0.409. The zero-order valence-corrected chi connectivity index (χ0v) is 17.5. The SMILES string of the molecule is c1ccc2sc(N3CCC[C@H]3COc3ccc(CC4CNCS4)cc3)nc2c1. The molecule has 0 saturated carbocycles. The van der Waals surface area contributed by atoms with Crippen molar-refractivity contribution in [3.63, 3.8) is 0 Å². The number of thioether (sulfide) groups is 1. The van der Waals surface area contributed by atoms with Crippen LogP contribution in [-0.2, 0) is 6.42 Å². The van der Waals surface area contributed by atoms with Gasteiger partial charge in [0, 0.05) is 24.2 Å². The summed E-state index contributed by atoms with van der Waals surface area (Å²) < 4.78 is 7.42. The largest absolute Gasteiger partial charge is 0.491 e. The average molecular weight is 412 g/mol. The van der Waals surface area contributed by atoms with E-state index in [1.54, 1.807) is 11.3 Å². The average Bonchev–Trinajstić information content (AvgIpc) is 3.47. The predicted octanol–water partition coefficient (Wildman–Crippen LogP) is 4.55. The summed E-state index contributed by atoms with van der Waals surface area (Å²) in [7, 11) is 0. The molecule has 146 valence electrons. The molecule has 5 rings (SSSR count). The van der Waals surface area contributed by atoms with Gasteiger partial charge in [0.2, 0.25) is 0 Å². The number of anilines is 1. The van der Waals surface area contributed by atoms with Crippen molar-refractivity contribution >= 4 is 38.4 Å². The van der Waals surface area contributed by atoms with Crippen molar-refractivity contribution in [1.29, 1.82) is 0 Å². The van der Waals surface area contributed by atoms with Gasteiger partial charge in [0.05, 0.1) is 16.3 Å². The van der Waals surface area contributed by atoms with Crippen molar-refractivity contribution < 1.29 is 4.74 Å². The molecule has 2 atom stereocenters. The van der Waals surface area contributed by atoms with Crippen LogP contribution < -0.4 is 15.0 Å². The van der Waals surface area contributed by atoms with E-state index < -0.39 is 0 Å². The highest BCUT2D eigenvalue weighted by Gasteiger charge is 2.27. The number of para-hydroxylation sites is 1. The molecule has 3 aromatic rings. The molecule has 0 radical (unpaired) electrons. The number of thiazole rings is 1. The summed E-state index contributed by atoms with van der Waals surface area (Å²) in [6.07, 6.45) is 3.50. The van der Waals surface area contributed by atoms with E-state index in [0.29, 0.717) is 11.3 Å². The first-order valence-corrected chi connectivity index (χ1v) is 11.9. The molecule has 0 bridgehead atoms. The lowest BCUT2D eigenvalue weighted by Gasteiger charge is -2.24. The van der Waals surface area contributed by atoms with Gasteiger partial charge in [-0.3, -0.25) is 0 Å². The Bertz CT molecular complexity index is 888. The number of rotatable bonds is 6. The first-order chi connectivity index (χ1) is 13.8. The van der Waals surface area contributed by atoms with Crippen LogP contribution in [-0.4, -0.2) is 41.8 Å². The number of ether oxygens (including phenoxy) is 1. The van der Waals surface area contributed by atoms with Crippen LogP contribution in [0, 0.1) is 0 Å². The highest BCUT2D eigenvalue weighted by atomic mass is 32.2. The van der Waals surface area contributed by atoms with Gasteiger partial charge in [-0.2, -0.15) is 0 Å². The molecule has 4 nitrogen and oxygen atoms in total. The Labute approximate surface area is 174 Å². The molecule has 3 heterocycles. The van der Waals surface area contributed by atoms with Crippen molar-refractivity contribution in [3.05, 3.63) is 54.1 Å². The van der Waals surface area contributed by atoms with Crippen molar-refractivity contribution in [1.82, 2.24) is 10.3 Å². The lowest BCUT2D eigenvalue weighted by molar-refractivity contribution is 0.288. The van der Waals surface area contributed by atoms with Crippen LogP contribution in [0.5, 0.6) is 5.75 Å². The molecule has 1 N–H and O–H groups in total. The van der Waals surface area contributed by atoms with E-state index in [1.165, 1.54) is 23.1 Å². The number of aromatic nitrogens is 1. The second kappa shape index (κ2) is 8.31. The van der Waals surface area contributed by atoms with E-state index >= 15 is 0 Å². The smallest absolute Gasteiger partial charge is 0.186 e. The minimum absolute atomic E-state index is 0.404. The van der Waals surface area contributed by atoms with Crippen LogP contribution in [0.3, 0.4) is 0 Å². The molecular weight excluding hydrogens is 386 g/mol. The predicted molar refractivity (Wildman–Crippen MR) is 120 cm³/mol. The number of nitrogens with zero attached hydrogens (tertiary/aromatic N) is 2. The van der Waals surface area contributed by atoms with Crippen LogP contribution >= 0.6 is 23.1 Å². The normalized spacial score (nSPS) is 22.2. The third-order valence-corrected chi connectivity index (χ3v) is 7.78. The number of nitrogens with one attached hydrogen (secondary N) is 1. The van der Waals surface area contributed by atoms with Crippen LogP contribution in [0.1, 0.15) is 18.4 Å². The van der Waals surface area contributed by atoms with Gasteiger partial charge < -0.3 is 15.0 Å². The number of hydrogen-bond donors (Lipinski definition) is 1. The molecule has 2 fully saturated rings. The summed E-state index contributed by atoms with van der Waals surface area (Å²) >= 11 is 3.80. The van der Waals surface area contributed by atoms with Gasteiger partial charge in [-0.05, 0) is 49.1 Å². The van der Waals surface area contributed by atoms with Gasteiger partial charge in [-0.25, -0.2) is 4.98 Å². The maximum Gasteiger partial charge on any atom is 0.186 e. The van der Waals surface area contributed by atoms with Crippen LogP contribution in [0.2, 0.25) is 0 Å². The maximum atomic E-state index is 6.16. The zero-order chi connectivity index (χ0) is 18.8. The Balaban J connectivity index is 1.20. The minimum Gasteiger partial charge on any atom is -0.491 e. The first-order valence-electron chi connectivity index (χ1n) is 10.0. The van der Waals surface area contributed by atoms with E-state index in [9.17, 15) is 0 Å². The van der Waals surface area contributed by atoms with Gasteiger partial charge in [-0.1, -0.05) is 35.6 Å². The quantitative estimate of drug-likeness (QED) is 0.644. The molecular formula is C22H25N3OS2. The Morgan fingerprint density at radius 1 is 1.14 bits per heavy atom. The Kier molecular flexibility index (Phi) is 5.43. The maximum absolute atomic E-state index is 6.16. The molecule has 1 aromatic heterocycles. The molecule has 0 aliphatic carbocycles. The first kappa shape index (κ1) is 18.3. The van der Waals surface area contributed by atoms with Crippen molar-refractivity contribution in [2.75, 3.05) is 30.5 Å². The molecule has 2 aromatic carbocycles. The summed E-state index contributed by atoms with van der Waals surface area (Å²) in [6.45, 7) is 2.91. The van der Waals surface area contributed by atoms with Gasteiger partial charge in [0.1, 0.15) is 12.4 Å².